The van der Waals surface area contributed by atoms with Crippen molar-refractivity contribution in [2.75, 3.05) is 28.3 Å². The van der Waals surface area contributed by atoms with E-state index in [0.717, 1.165) is 27.8 Å². The molecular formula is C26H34N2O6S. The summed E-state index contributed by atoms with van der Waals surface area (Å²) in [6.45, 7) is 2.45. The molecule has 0 spiro atoms. The van der Waals surface area contributed by atoms with Crippen molar-refractivity contribution in [1.82, 2.24) is 4.90 Å². The van der Waals surface area contributed by atoms with Crippen LogP contribution in [-0.2, 0) is 27.4 Å². The molecule has 1 saturated heterocycles. The second-order valence-corrected chi connectivity index (χ2v) is 9.94. The fourth-order valence-electron chi connectivity index (χ4n) is 4.16. The predicted octanol–water partition coefficient (Wildman–Crippen LogP) is 3.31. The summed E-state index contributed by atoms with van der Waals surface area (Å²) in [4.78, 5) is 6.88. The number of thioether (sulfide) groups is 1. The van der Waals surface area contributed by atoms with Crippen LogP contribution in [0.2, 0.25) is 0 Å². The Morgan fingerprint density at radius 3 is 1.89 bits per heavy atom. The number of rotatable bonds is 9. The van der Waals surface area contributed by atoms with E-state index in [2.05, 4.69) is 0 Å². The van der Waals surface area contributed by atoms with Gasteiger partial charge in [-0.2, -0.15) is 0 Å². The zero-order chi connectivity index (χ0) is 24.9. The maximum Gasteiger partial charge on any atom is 0.161 e. The van der Waals surface area contributed by atoms with Crippen LogP contribution in [0.3, 0.4) is 0 Å². The largest absolute Gasteiger partial charge is 0.497 e. The monoisotopic (exact) mass is 502 g/mol. The summed E-state index contributed by atoms with van der Waals surface area (Å²) in [5.41, 5.74) is 1.75. The lowest BCUT2D eigenvalue weighted by Crippen LogP contribution is -2.59. The minimum atomic E-state index is -0.743. The van der Waals surface area contributed by atoms with Crippen LogP contribution in [0.1, 0.15) is 18.1 Å². The van der Waals surface area contributed by atoms with Crippen LogP contribution in [0.25, 0.3) is 0 Å². The average Bonchev–Trinajstić information content (AvgIpc) is 3.31. The van der Waals surface area contributed by atoms with Crippen molar-refractivity contribution in [3.63, 3.8) is 0 Å². The Balaban J connectivity index is 1.57. The van der Waals surface area contributed by atoms with Gasteiger partial charge in [0.1, 0.15) is 41.3 Å². The molecule has 8 nitrogen and oxygen atoms in total. The van der Waals surface area contributed by atoms with Gasteiger partial charge in [-0.1, -0.05) is 36.0 Å². The number of nitrogens with zero attached hydrogens (tertiary/aromatic N) is 2. The normalized spacial score (nSPS) is 26.6. The number of ether oxygens (including phenoxy) is 5. The van der Waals surface area contributed by atoms with Gasteiger partial charge in [0.25, 0.3) is 0 Å². The molecule has 35 heavy (non-hydrogen) atoms. The first-order valence-corrected chi connectivity index (χ1v) is 12.5. The zero-order valence-electron chi connectivity index (χ0n) is 20.8. The van der Waals surface area contributed by atoms with Crippen molar-refractivity contribution >= 4 is 16.9 Å². The first-order valence-electron chi connectivity index (χ1n) is 11.6. The third kappa shape index (κ3) is 6.10. The van der Waals surface area contributed by atoms with Crippen LogP contribution in [0.15, 0.2) is 53.5 Å². The van der Waals surface area contributed by atoms with E-state index < -0.39 is 24.4 Å². The van der Waals surface area contributed by atoms with Crippen LogP contribution in [0.4, 0.5) is 0 Å². The molecule has 190 valence electrons. The number of aliphatic imine (C=N–C) groups is 1. The molecule has 2 aromatic carbocycles. The summed E-state index contributed by atoms with van der Waals surface area (Å²) < 4.78 is 29.7. The van der Waals surface area contributed by atoms with Crippen molar-refractivity contribution in [2.24, 2.45) is 4.99 Å². The van der Waals surface area contributed by atoms with Crippen molar-refractivity contribution in [3.8, 4) is 11.5 Å². The number of amidine groups is 1. The molecule has 0 radical (unpaired) electrons. The first kappa shape index (κ1) is 25.8. The summed E-state index contributed by atoms with van der Waals surface area (Å²) in [6, 6.07) is 15.2. The summed E-state index contributed by atoms with van der Waals surface area (Å²) >= 11 is 1.55. The fourth-order valence-corrected chi connectivity index (χ4v) is 5.30. The van der Waals surface area contributed by atoms with E-state index in [-0.39, 0.29) is 11.5 Å². The van der Waals surface area contributed by atoms with Crippen LogP contribution >= 0.6 is 11.8 Å². The van der Waals surface area contributed by atoms with E-state index in [4.69, 9.17) is 28.7 Å². The summed E-state index contributed by atoms with van der Waals surface area (Å²) in [6.07, 6.45) is -2.21. The van der Waals surface area contributed by atoms with Gasteiger partial charge in [0.2, 0.25) is 0 Å². The van der Waals surface area contributed by atoms with Gasteiger partial charge in [0, 0.05) is 14.1 Å². The lowest BCUT2D eigenvalue weighted by molar-refractivity contribution is -0.218. The first-order chi connectivity index (χ1) is 16.9. The van der Waals surface area contributed by atoms with Gasteiger partial charge >= 0.3 is 0 Å². The molecule has 1 unspecified atom stereocenters. The minimum absolute atomic E-state index is 0.256. The van der Waals surface area contributed by atoms with E-state index in [1.54, 1.807) is 32.9 Å². The Morgan fingerprint density at radius 1 is 0.914 bits per heavy atom. The molecule has 2 aliphatic heterocycles. The number of aliphatic hydroxyl groups is 1. The van der Waals surface area contributed by atoms with Crippen molar-refractivity contribution < 1.29 is 28.8 Å². The minimum Gasteiger partial charge on any atom is -0.497 e. The van der Waals surface area contributed by atoms with Crippen LogP contribution in [-0.4, -0.2) is 79.4 Å². The molecule has 0 aromatic heterocycles. The van der Waals surface area contributed by atoms with Gasteiger partial charge < -0.3 is 33.7 Å². The Bertz CT molecular complexity index is 982. The molecule has 4 rings (SSSR count). The highest BCUT2D eigenvalue weighted by Crippen LogP contribution is 2.40. The summed E-state index contributed by atoms with van der Waals surface area (Å²) in [5.74, 6) is 1.58. The standard InChI is InChI=1S/C26H34N2O6S/c1-16(29)22-24(33-15-18-8-12-20(31-5)13-9-18)23(21-25(34-22)35-26(27-21)28(2)3)32-14-17-6-10-19(30-4)11-7-17/h6-13,16,21-25,29H,14-15H2,1-5H3/t16?,21-,22-,23-,24+,25-/m1/s1. The van der Waals surface area contributed by atoms with Gasteiger partial charge in [-0.3, -0.25) is 4.99 Å². The van der Waals surface area contributed by atoms with E-state index in [9.17, 15) is 5.11 Å². The highest BCUT2D eigenvalue weighted by molar-refractivity contribution is 8.14. The van der Waals surface area contributed by atoms with E-state index >= 15 is 0 Å². The fraction of sp³-hybridized carbons (Fsp3) is 0.500. The van der Waals surface area contributed by atoms with Gasteiger partial charge in [-0.15, -0.1) is 0 Å². The molecular weight excluding hydrogens is 468 g/mol. The molecule has 1 fully saturated rings. The highest BCUT2D eigenvalue weighted by Gasteiger charge is 2.52. The van der Waals surface area contributed by atoms with Crippen molar-refractivity contribution in [2.45, 2.75) is 56.0 Å². The lowest BCUT2D eigenvalue weighted by Gasteiger charge is -2.43. The molecule has 2 aromatic rings. The molecule has 2 aliphatic rings. The summed E-state index contributed by atoms with van der Waals surface area (Å²) in [7, 11) is 7.20. The number of fused-ring (bicyclic) bond motifs is 1. The third-order valence-electron chi connectivity index (χ3n) is 6.10. The number of hydrogen-bond acceptors (Lipinski definition) is 9. The van der Waals surface area contributed by atoms with Gasteiger partial charge in [0.15, 0.2) is 5.17 Å². The zero-order valence-corrected chi connectivity index (χ0v) is 21.6. The molecule has 6 atom stereocenters. The smallest absolute Gasteiger partial charge is 0.161 e. The maximum atomic E-state index is 10.6. The number of aliphatic hydroxyl groups excluding tert-OH is 1. The van der Waals surface area contributed by atoms with E-state index in [1.807, 2.05) is 67.5 Å². The second kappa shape index (κ2) is 11.6. The Morgan fingerprint density at radius 2 is 1.43 bits per heavy atom. The quantitative estimate of drug-likeness (QED) is 0.559. The molecule has 1 N–H and O–H groups in total. The second-order valence-electron chi connectivity index (χ2n) is 8.87. The van der Waals surface area contributed by atoms with Gasteiger partial charge in [-0.05, 0) is 42.3 Å². The van der Waals surface area contributed by atoms with Crippen molar-refractivity contribution in [1.29, 1.82) is 0 Å². The van der Waals surface area contributed by atoms with Gasteiger partial charge in [-0.25, -0.2) is 0 Å². The molecule has 0 amide bonds. The highest BCUT2D eigenvalue weighted by atomic mass is 32.2. The molecule has 0 saturated carbocycles. The van der Waals surface area contributed by atoms with E-state index in [0.29, 0.717) is 13.2 Å². The third-order valence-corrected chi connectivity index (χ3v) is 7.40. The molecule has 0 aliphatic carbocycles. The number of benzene rings is 2. The van der Waals surface area contributed by atoms with E-state index in [1.165, 1.54) is 0 Å². The van der Waals surface area contributed by atoms with Crippen LogP contribution in [0.5, 0.6) is 11.5 Å². The van der Waals surface area contributed by atoms with Gasteiger partial charge in [0.05, 0.1) is 33.5 Å². The topological polar surface area (TPSA) is 82.0 Å². The lowest BCUT2D eigenvalue weighted by atomic mass is 9.94. The average molecular weight is 503 g/mol. The Hall–Kier alpha value is -2.30. The number of hydrogen-bond donors (Lipinski definition) is 1. The summed E-state index contributed by atoms with van der Waals surface area (Å²) in [5, 5.41) is 11.5. The predicted molar refractivity (Wildman–Crippen MR) is 136 cm³/mol. The van der Waals surface area contributed by atoms with Crippen LogP contribution in [0, 0.1) is 0 Å². The molecule has 9 heteroatoms. The SMILES string of the molecule is COc1ccc(CO[C@@H]2[C@H]3N=C(N(C)C)S[C@H]3O[C@H](C(C)O)[C@@H]2OCc2ccc(OC)cc2)cc1. The van der Waals surface area contributed by atoms with Crippen LogP contribution < -0.4 is 9.47 Å². The number of methoxy groups -OCH3 is 2. The molecule has 2 heterocycles. The molecule has 0 bridgehead atoms. The Kier molecular flexibility index (Phi) is 8.56. The maximum absolute atomic E-state index is 10.6. The van der Waals surface area contributed by atoms with Crippen molar-refractivity contribution in [3.05, 3.63) is 59.7 Å². The Labute approximate surface area is 211 Å².